The Morgan fingerprint density at radius 1 is 1.14 bits per heavy atom. The number of aliphatic imine (C=N–C) groups is 1. The fourth-order valence-electron chi connectivity index (χ4n) is 4.53. The number of amides is 1. The number of hydrogen-bond donors (Lipinski definition) is 2. The summed E-state index contributed by atoms with van der Waals surface area (Å²) in [6.45, 7) is 7.27. The molecule has 2 N–H and O–H groups in total. The van der Waals surface area contributed by atoms with Crippen molar-refractivity contribution in [1.82, 2.24) is 20.4 Å². The lowest BCUT2D eigenvalue weighted by Crippen LogP contribution is -2.48. The summed E-state index contributed by atoms with van der Waals surface area (Å²) >= 11 is 0. The molecule has 3 rings (SSSR count). The standard InChI is InChI=1S/C23H37N5O/c1-18-6-8-20(9-7-18)21(27-12-4-5-13-27)17-26-23(25-3)28-14-10-19(11-15-28)16-22(29)24-2/h6-9,19,21H,4-5,10-17H2,1-3H3,(H,24,29)(H,25,26). The Morgan fingerprint density at radius 2 is 1.79 bits per heavy atom. The van der Waals surface area contributed by atoms with Crippen molar-refractivity contribution in [2.45, 2.75) is 45.1 Å². The van der Waals surface area contributed by atoms with Gasteiger partial charge in [0.05, 0.1) is 6.04 Å². The van der Waals surface area contributed by atoms with Gasteiger partial charge in [-0.1, -0.05) is 29.8 Å². The molecule has 0 bridgehead atoms. The highest BCUT2D eigenvalue weighted by atomic mass is 16.1. The molecule has 0 saturated carbocycles. The molecule has 1 aromatic rings. The van der Waals surface area contributed by atoms with E-state index in [0.717, 1.165) is 38.4 Å². The van der Waals surface area contributed by atoms with Crippen LogP contribution < -0.4 is 10.6 Å². The predicted molar refractivity (Wildman–Crippen MR) is 119 cm³/mol. The molecule has 2 aliphatic rings. The second kappa shape index (κ2) is 10.6. The van der Waals surface area contributed by atoms with Crippen LogP contribution in [0.1, 0.15) is 49.3 Å². The summed E-state index contributed by atoms with van der Waals surface area (Å²) < 4.78 is 0. The monoisotopic (exact) mass is 399 g/mol. The zero-order valence-electron chi connectivity index (χ0n) is 18.3. The number of nitrogens with zero attached hydrogens (tertiary/aromatic N) is 3. The highest BCUT2D eigenvalue weighted by Crippen LogP contribution is 2.25. The van der Waals surface area contributed by atoms with Crippen LogP contribution >= 0.6 is 0 Å². The van der Waals surface area contributed by atoms with Gasteiger partial charge in [-0.3, -0.25) is 14.7 Å². The SMILES string of the molecule is CN=C(NCC(c1ccc(C)cc1)N1CCCC1)N1CCC(CC(=O)NC)CC1. The number of nitrogens with one attached hydrogen (secondary N) is 2. The molecule has 0 radical (unpaired) electrons. The second-order valence-corrected chi connectivity index (χ2v) is 8.41. The number of carbonyl (C=O) groups is 1. The third-order valence-electron chi connectivity index (χ3n) is 6.38. The van der Waals surface area contributed by atoms with Crippen molar-refractivity contribution in [3.63, 3.8) is 0 Å². The average molecular weight is 400 g/mol. The fraction of sp³-hybridized carbons (Fsp3) is 0.652. The zero-order chi connectivity index (χ0) is 20.6. The lowest BCUT2D eigenvalue weighted by atomic mass is 9.93. The smallest absolute Gasteiger partial charge is 0.220 e. The predicted octanol–water partition coefficient (Wildman–Crippen LogP) is 2.56. The first-order valence-electron chi connectivity index (χ1n) is 11.1. The summed E-state index contributed by atoms with van der Waals surface area (Å²) in [7, 11) is 3.59. The summed E-state index contributed by atoms with van der Waals surface area (Å²) in [6, 6.07) is 9.34. The maximum atomic E-state index is 11.6. The van der Waals surface area contributed by atoms with Crippen molar-refractivity contribution >= 4 is 11.9 Å². The van der Waals surface area contributed by atoms with Crippen molar-refractivity contribution in [3.8, 4) is 0 Å². The molecule has 1 atom stereocenters. The van der Waals surface area contributed by atoms with Gasteiger partial charge in [0.1, 0.15) is 0 Å². The number of likely N-dealkylation sites (tertiary alicyclic amines) is 2. The summed E-state index contributed by atoms with van der Waals surface area (Å²) in [5.74, 6) is 1.62. The molecule has 29 heavy (non-hydrogen) atoms. The van der Waals surface area contributed by atoms with Gasteiger partial charge in [-0.25, -0.2) is 0 Å². The van der Waals surface area contributed by atoms with Gasteiger partial charge in [0.25, 0.3) is 0 Å². The van der Waals surface area contributed by atoms with Crippen molar-refractivity contribution in [1.29, 1.82) is 0 Å². The van der Waals surface area contributed by atoms with Gasteiger partial charge in [0, 0.05) is 40.2 Å². The lowest BCUT2D eigenvalue weighted by Gasteiger charge is -2.35. The van der Waals surface area contributed by atoms with Crippen LogP contribution in [0, 0.1) is 12.8 Å². The minimum atomic E-state index is 0.150. The number of hydrogen-bond acceptors (Lipinski definition) is 3. The quantitative estimate of drug-likeness (QED) is 0.570. The van der Waals surface area contributed by atoms with Crippen LogP contribution in [0.15, 0.2) is 29.3 Å². The van der Waals surface area contributed by atoms with Crippen LogP contribution in [0.5, 0.6) is 0 Å². The van der Waals surface area contributed by atoms with E-state index in [1.807, 2.05) is 7.05 Å². The molecule has 0 aromatic heterocycles. The third-order valence-corrected chi connectivity index (χ3v) is 6.38. The molecule has 2 heterocycles. The molecule has 2 aliphatic heterocycles. The fourth-order valence-corrected chi connectivity index (χ4v) is 4.53. The van der Waals surface area contributed by atoms with Crippen molar-refractivity contribution < 1.29 is 4.79 Å². The molecule has 0 aliphatic carbocycles. The Hall–Kier alpha value is -2.08. The van der Waals surface area contributed by atoms with E-state index in [4.69, 9.17) is 0 Å². The number of rotatable bonds is 6. The Bertz CT molecular complexity index is 673. The Kier molecular flexibility index (Phi) is 7.92. The summed E-state index contributed by atoms with van der Waals surface area (Å²) in [5.41, 5.74) is 2.68. The maximum absolute atomic E-state index is 11.6. The van der Waals surface area contributed by atoms with Gasteiger partial charge in [-0.15, -0.1) is 0 Å². The van der Waals surface area contributed by atoms with E-state index in [0.29, 0.717) is 18.4 Å². The number of guanidine groups is 1. The molecule has 0 spiro atoms. The van der Waals surface area contributed by atoms with E-state index in [-0.39, 0.29) is 5.91 Å². The molecule has 160 valence electrons. The van der Waals surface area contributed by atoms with E-state index in [1.54, 1.807) is 7.05 Å². The molecule has 6 heteroatoms. The first-order valence-corrected chi connectivity index (χ1v) is 11.1. The molecular formula is C23H37N5O. The van der Waals surface area contributed by atoms with E-state index in [2.05, 4.69) is 56.6 Å². The first kappa shape index (κ1) is 21.6. The molecule has 6 nitrogen and oxygen atoms in total. The first-order chi connectivity index (χ1) is 14.1. The van der Waals surface area contributed by atoms with E-state index in [1.165, 1.54) is 37.1 Å². The van der Waals surface area contributed by atoms with Crippen molar-refractivity contribution in [2.24, 2.45) is 10.9 Å². The molecule has 2 fully saturated rings. The van der Waals surface area contributed by atoms with Gasteiger partial charge in [-0.05, 0) is 57.2 Å². The number of piperidine rings is 1. The Balaban J connectivity index is 1.58. The molecule has 2 saturated heterocycles. The largest absolute Gasteiger partial charge is 0.359 e. The van der Waals surface area contributed by atoms with Gasteiger partial charge in [0.15, 0.2) is 5.96 Å². The summed E-state index contributed by atoms with van der Waals surface area (Å²) in [5, 5.41) is 6.39. The second-order valence-electron chi connectivity index (χ2n) is 8.41. The summed E-state index contributed by atoms with van der Waals surface area (Å²) in [4.78, 5) is 21.1. The number of aryl methyl sites for hydroxylation is 1. The normalized spacial score (nSPS) is 20.0. The van der Waals surface area contributed by atoms with Crippen LogP contribution in [0.25, 0.3) is 0 Å². The minimum Gasteiger partial charge on any atom is -0.359 e. The highest BCUT2D eigenvalue weighted by molar-refractivity contribution is 5.80. The van der Waals surface area contributed by atoms with Crippen molar-refractivity contribution in [3.05, 3.63) is 35.4 Å². The summed E-state index contributed by atoms with van der Waals surface area (Å²) in [6.07, 6.45) is 5.30. The molecular weight excluding hydrogens is 362 g/mol. The van der Waals surface area contributed by atoms with Gasteiger partial charge in [0.2, 0.25) is 5.91 Å². The van der Waals surface area contributed by atoms with Crippen LogP contribution in [0.3, 0.4) is 0 Å². The molecule has 1 amide bonds. The van der Waals surface area contributed by atoms with Crippen LogP contribution in [-0.4, -0.2) is 68.5 Å². The molecule has 1 unspecified atom stereocenters. The Morgan fingerprint density at radius 3 is 2.38 bits per heavy atom. The van der Waals surface area contributed by atoms with E-state index in [9.17, 15) is 4.79 Å². The lowest BCUT2D eigenvalue weighted by molar-refractivity contribution is -0.121. The van der Waals surface area contributed by atoms with Gasteiger partial charge in [-0.2, -0.15) is 0 Å². The highest BCUT2D eigenvalue weighted by Gasteiger charge is 2.26. The van der Waals surface area contributed by atoms with E-state index >= 15 is 0 Å². The number of carbonyl (C=O) groups excluding carboxylic acids is 1. The number of benzene rings is 1. The van der Waals surface area contributed by atoms with Crippen LogP contribution in [0.2, 0.25) is 0 Å². The molecule has 1 aromatic carbocycles. The van der Waals surface area contributed by atoms with E-state index < -0.39 is 0 Å². The maximum Gasteiger partial charge on any atom is 0.220 e. The average Bonchev–Trinajstić information content (AvgIpc) is 3.27. The van der Waals surface area contributed by atoms with Gasteiger partial charge >= 0.3 is 0 Å². The Labute approximate surface area is 175 Å². The third kappa shape index (κ3) is 5.95. The minimum absolute atomic E-state index is 0.150. The zero-order valence-corrected chi connectivity index (χ0v) is 18.3. The van der Waals surface area contributed by atoms with Crippen LogP contribution in [0.4, 0.5) is 0 Å². The van der Waals surface area contributed by atoms with Gasteiger partial charge < -0.3 is 15.5 Å². The van der Waals surface area contributed by atoms with Crippen molar-refractivity contribution in [2.75, 3.05) is 46.8 Å². The topological polar surface area (TPSA) is 60.0 Å². The van der Waals surface area contributed by atoms with Crippen LogP contribution in [-0.2, 0) is 4.79 Å².